The van der Waals surface area contributed by atoms with Gasteiger partial charge in [-0.2, -0.15) is 0 Å². The summed E-state index contributed by atoms with van der Waals surface area (Å²) in [5, 5.41) is 9.73. The fourth-order valence-electron chi connectivity index (χ4n) is 1.48. The van der Waals surface area contributed by atoms with E-state index < -0.39 is 5.97 Å². The van der Waals surface area contributed by atoms with E-state index in [1.807, 2.05) is 6.07 Å². The molecule has 0 spiro atoms. The molecule has 0 aliphatic heterocycles. The molecule has 1 aromatic heterocycles. The summed E-state index contributed by atoms with van der Waals surface area (Å²) < 4.78 is 5.54. The molecule has 20 heavy (non-hydrogen) atoms. The molecule has 2 rings (SSSR count). The van der Waals surface area contributed by atoms with Crippen LogP contribution in [-0.4, -0.2) is 33.4 Å². The molecule has 0 aliphatic rings. The molecular weight excluding hydrogens is 276 g/mol. The van der Waals surface area contributed by atoms with Crippen molar-refractivity contribution in [3.05, 3.63) is 48.4 Å². The summed E-state index contributed by atoms with van der Waals surface area (Å²) in [4.78, 5) is 18.7. The van der Waals surface area contributed by atoms with Crippen molar-refractivity contribution >= 4 is 17.7 Å². The van der Waals surface area contributed by atoms with E-state index in [0.29, 0.717) is 12.4 Å². The maximum absolute atomic E-state index is 10.7. The zero-order valence-electron chi connectivity index (χ0n) is 10.7. The molecule has 1 aromatic carbocycles. The largest absolute Gasteiger partial charge is 0.494 e. The number of hydrogen-bond donors (Lipinski definition) is 1. The first-order valence-corrected chi connectivity index (χ1v) is 7.09. The first-order valence-electron chi connectivity index (χ1n) is 6.10. The quantitative estimate of drug-likeness (QED) is 0.480. The van der Waals surface area contributed by atoms with Gasteiger partial charge in [-0.1, -0.05) is 0 Å². The van der Waals surface area contributed by atoms with E-state index >= 15 is 0 Å². The minimum atomic E-state index is -0.933. The van der Waals surface area contributed by atoms with Crippen LogP contribution in [0.5, 0.6) is 5.75 Å². The lowest BCUT2D eigenvalue weighted by atomic mass is 10.2. The Morgan fingerprint density at radius 2 is 2.05 bits per heavy atom. The van der Waals surface area contributed by atoms with Crippen molar-refractivity contribution in [2.75, 3.05) is 12.4 Å². The number of benzene rings is 1. The molecule has 2 aromatic rings. The summed E-state index contributed by atoms with van der Waals surface area (Å²) in [5.41, 5.74) is 0.261. The lowest BCUT2D eigenvalue weighted by Crippen LogP contribution is -2.00. The molecule has 0 amide bonds. The number of rotatable bonds is 7. The molecule has 104 valence electrons. The maximum atomic E-state index is 10.7. The van der Waals surface area contributed by atoms with Crippen molar-refractivity contribution in [3.8, 4) is 5.75 Å². The van der Waals surface area contributed by atoms with E-state index in [2.05, 4.69) is 9.97 Å². The van der Waals surface area contributed by atoms with Crippen LogP contribution in [0.25, 0.3) is 0 Å². The molecule has 0 saturated carbocycles. The number of aromatic carboxylic acids is 1. The van der Waals surface area contributed by atoms with Gasteiger partial charge < -0.3 is 9.84 Å². The monoisotopic (exact) mass is 290 g/mol. The minimum absolute atomic E-state index is 0.261. The van der Waals surface area contributed by atoms with Crippen LogP contribution in [0.4, 0.5) is 0 Å². The topological polar surface area (TPSA) is 72.3 Å². The lowest BCUT2D eigenvalue weighted by molar-refractivity contribution is 0.0697. The minimum Gasteiger partial charge on any atom is -0.494 e. The van der Waals surface area contributed by atoms with Crippen molar-refractivity contribution in [3.63, 3.8) is 0 Å². The SMILES string of the molecule is O=C(O)c1ccc(OCCCSc2ccncn2)cc1. The first-order chi connectivity index (χ1) is 9.75. The van der Waals surface area contributed by atoms with E-state index in [4.69, 9.17) is 9.84 Å². The average molecular weight is 290 g/mol. The van der Waals surface area contributed by atoms with Crippen molar-refractivity contribution < 1.29 is 14.6 Å². The van der Waals surface area contributed by atoms with Gasteiger partial charge in [0.05, 0.1) is 17.2 Å². The number of nitrogens with zero attached hydrogens (tertiary/aromatic N) is 2. The second kappa shape index (κ2) is 7.49. The summed E-state index contributed by atoms with van der Waals surface area (Å²) in [7, 11) is 0. The van der Waals surface area contributed by atoms with Gasteiger partial charge in [0.2, 0.25) is 0 Å². The Kier molecular flexibility index (Phi) is 5.37. The van der Waals surface area contributed by atoms with Crippen molar-refractivity contribution in [2.45, 2.75) is 11.4 Å². The molecule has 0 saturated heterocycles. The Morgan fingerprint density at radius 3 is 2.70 bits per heavy atom. The standard InChI is InChI=1S/C14H14N2O3S/c17-14(18)11-2-4-12(5-3-11)19-8-1-9-20-13-6-7-15-10-16-13/h2-7,10H,1,8-9H2,(H,17,18). The number of hydrogen-bond acceptors (Lipinski definition) is 5. The molecular formula is C14H14N2O3S. The zero-order chi connectivity index (χ0) is 14.2. The highest BCUT2D eigenvalue weighted by Gasteiger charge is 2.02. The molecule has 0 radical (unpaired) electrons. The van der Waals surface area contributed by atoms with Gasteiger partial charge in [-0.05, 0) is 36.8 Å². The highest BCUT2D eigenvalue weighted by atomic mass is 32.2. The Balaban J connectivity index is 1.67. The van der Waals surface area contributed by atoms with Gasteiger partial charge in [-0.25, -0.2) is 14.8 Å². The van der Waals surface area contributed by atoms with Crippen LogP contribution < -0.4 is 4.74 Å². The molecule has 0 atom stereocenters. The van der Waals surface area contributed by atoms with Crippen molar-refractivity contribution in [2.24, 2.45) is 0 Å². The van der Waals surface area contributed by atoms with Gasteiger partial charge >= 0.3 is 5.97 Å². The Bertz CT molecular complexity index is 546. The van der Waals surface area contributed by atoms with E-state index in [1.165, 1.54) is 18.5 Å². The predicted octanol–water partition coefficient (Wildman–Crippen LogP) is 2.74. The van der Waals surface area contributed by atoms with Crippen molar-refractivity contribution in [1.82, 2.24) is 9.97 Å². The van der Waals surface area contributed by atoms with Crippen molar-refractivity contribution in [1.29, 1.82) is 0 Å². The Morgan fingerprint density at radius 1 is 1.25 bits per heavy atom. The number of ether oxygens (including phenoxy) is 1. The van der Waals surface area contributed by atoms with E-state index in [-0.39, 0.29) is 5.56 Å². The third-order valence-electron chi connectivity index (χ3n) is 2.46. The van der Waals surface area contributed by atoms with Gasteiger partial charge in [0.25, 0.3) is 0 Å². The molecule has 5 nitrogen and oxygen atoms in total. The molecule has 0 bridgehead atoms. The number of carboxylic acid groups (broad SMARTS) is 1. The normalized spacial score (nSPS) is 10.2. The molecule has 6 heteroatoms. The molecule has 1 heterocycles. The van der Waals surface area contributed by atoms with Gasteiger partial charge in [0, 0.05) is 11.9 Å². The summed E-state index contributed by atoms with van der Waals surface area (Å²) >= 11 is 1.65. The highest BCUT2D eigenvalue weighted by molar-refractivity contribution is 7.99. The van der Waals surface area contributed by atoms with Crippen LogP contribution in [-0.2, 0) is 0 Å². The molecule has 0 aliphatic carbocycles. The number of carbonyl (C=O) groups is 1. The fraction of sp³-hybridized carbons (Fsp3) is 0.214. The predicted molar refractivity (Wildman–Crippen MR) is 76.3 cm³/mol. The summed E-state index contributed by atoms with van der Waals surface area (Å²) in [6.45, 7) is 0.588. The Labute approximate surface area is 121 Å². The first kappa shape index (κ1) is 14.3. The van der Waals surface area contributed by atoms with E-state index in [9.17, 15) is 4.79 Å². The van der Waals surface area contributed by atoms with Gasteiger partial charge in [-0.15, -0.1) is 11.8 Å². The Hall–Kier alpha value is -2.08. The smallest absolute Gasteiger partial charge is 0.335 e. The summed E-state index contributed by atoms with van der Waals surface area (Å²) in [6.07, 6.45) is 4.13. The zero-order valence-corrected chi connectivity index (χ0v) is 11.5. The number of aromatic nitrogens is 2. The van der Waals surface area contributed by atoms with Gasteiger partial charge in [-0.3, -0.25) is 0 Å². The van der Waals surface area contributed by atoms with Crippen LogP contribution in [0.15, 0.2) is 47.9 Å². The third kappa shape index (κ3) is 4.55. The average Bonchev–Trinajstić information content (AvgIpc) is 2.48. The maximum Gasteiger partial charge on any atom is 0.335 e. The third-order valence-corrected chi connectivity index (χ3v) is 3.49. The highest BCUT2D eigenvalue weighted by Crippen LogP contribution is 2.16. The second-order valence-corrected chi connectivity index (χ2v) is 5.04. The summed E-state index contributed by atoms with van der Waals surface area (Å²) in [5.74, 6) is 0.657. The van der Waals surface area contributed by atoms with Gasteiger partial charge in [0.1, 0.15) is 12.1 Å². The molecule has 1 N–H and O–H groups in total. The van der Waals surface area contributed by atoms with Crippen LogP contribution >= 0.6 is 11.8 Å². The van der Waals surface area contributed by atoms with Crippen LogP contribution in [0.3, 0.4) is 0 Å². The fourth-order valence-corrected chi connectivity index (χ4v) is 2.23. The van der Waals surface area contributed by atoms with Crippen LogP contribution in [0.2, 0.25) is 0 Å². The summed E-state index contributed by atoms with van der Waals surface area (Å²) in [6, 6.07) is 8.28. The van der Waals surface area contributed by atoms with Crippen LogP contribution in [0, 0.1) is 0 Å². The lowest BCUT2D eigenvalue weighted by Gasteiger charge is -2.06. The van der Waals surface area contributed by atoms with E-state index in [0.717, 1.165) is 17.2 Å². The number of thioether (sulfide) groups is 1. The second-order valence-electron chi connectivity index (χ2n) is 3.93. The van der Waals surface area contributed by atoms with E-state index in [1.54, 1.807) is 30.1 Å². The van der Waals surface area contributed by atoms with Crippen LogP contribution in [0.1, 0.15) is 16.8 Å². The molecule has 0 unspecified atom stereocenters. The van der Waals surface area contributed by atoms with Gasteiger partial charge in [0.15, 0.2) is 0 Å². The molecule has 0 fully saturated rings. The number of carboxylic acids is 1.